The molecule has 2 rings (SSSR count). The van der Waals surface area contributed by atoms with Gasteiger partial charge in [-0.25, -0.2) is 0 Å². The molecule has 0 radical (unpaired) electrons. The van der Waals surface area contributed by atoms with Gasteiger partial charge in [0.2, 0.25) is 11.8 Å². The van der Waals surface area contributed by atoms with Crippen molar-refractivity contribution in [3.05, 3.63) is 0 Å². The lowest BCUT2D eigenvalue weighted by Crippen LogP contribution is -2.52. The van der Waals surface area contributed by atoms with Gasteiger partial charge in [0.1, 0.15) is 0 Å². The van der Waals surface area contributed by atoms with Gasteiger partial charge in [-0.3, -0.25) is 9.59 Å². The van der Waals surface area contributed by atoms with Crippen molar-refractivity contribution in [1.82, 2.24) is 15.5 Å². The van der Waals surface area contributed by atoms with Gasteiger partial charge in [0.25, 0.3) is 0 Å². The number of likely N-dealkylation sites (tertiary alicyclic amines) is 1. The van der Waals surface area contributed by atoms with Gasteiger partial charge >= 0.3 is 0 Å². The number of carbonyl (C=O) groups is 2. The van der Waals surface area contributed by atoms with Crippen LogP contribution in [0, 0.1) is 5.92 Å². The molecule has 0 bridgehead atoms. The minimum absolute atomic E-state index is 0.0205. The normalized spacial score (nSPS) is 23.5. The average molecular weight is 267 g/mol. The molecule has 5 heteroatoms. The Morgan fingerprint density at radius 2 is 2.11 bits per heavy atom. The molecule has 2 aliphatic rings. The van der Waals surface area contributed by atoms with E-state index in [0.717, 1.165) is 45.2 Å². The highest BCUT2D eigenvalue weighted by atomic mass is 16.2. The van der Waals surface area contributed by atoms with E-state index in [4.69, 9.17) is 0 Å². The van der Waals surface area contributed by atoms with Gasteiger partial charge in [0.15, 0.2) is 0 Å². The van der Waals surface area contributed by atoms with E-state index in [-0.39, 0.29) is 23.8 Å². The SMILES string of the molecule is CCCNC1CCCN(CCNC(=O)C2CC2)C1=O. The van der Waals surface area contributed by atoms with E-state index >= 15 is 0 Å². The molecule has 1 aliphatic carbocycles. The minimum atomic E-state index is -0.0205. The number of carbonyl (C=O) groups excluding carboxylic acids is 2. The maximum Gasteiger partial charge on any atom is 0.239 e. The molecule has 19 heavy (non-hydrogen) atoms. The second-order valence-corrected chi connectivity index (χ2v) is 5.54. The Morgan fingerprint density at radius 3 is 2.79 bits per heavy atom. The van der Waals surface area contributed by atoms with E-state index in [1.165, 1.54) is 0 Å². The Kier molecular flexibility index (Phi) is 5.19. The smallest absolute Gasteiger partial charge is 0.239 e. The molecule has 1 heterocycles. The Morgan fingerprint density at radius 1 is 1.32 bits per heavy atom. The molecule has 2 fully saturated rings. The van der Waals surface area contributed by atoms with Crippen LogP contribution < -0.4 is 10.6 Å². The van der Waals surface area contributed by atoms with Gasteiger partial charge < -0.3 is 15.5 Å². The summed E-state index contributed by atoms with van der Waals surface area (Å²) in [5.74, 6) is 0.599. The van der Waals surface area contributed by atoms with Crippen molar-refractivity contribution < 1.29 is 9.59 Å². The maximum atomic E-state index is 12.2. The molecule has 1 aliphatic heterocycles. The zero-order chi connectivity index (χ0) is 13.7. The van der Waals surface area contributed by atoms with E-state index in [9.17, 15) is 9.59 Å². The molecule has 1 saturated heterocycles. The highest BCUT2D eigenvalue weighted by Crippen LogP contribution is 2.28. The van der Waals surface area contributed by atoms with Crippen molar-refractivity contribution in [3.8, 4) is 0 Å². The third-order valence-electron chi connectivity index (χ3n) is 3.80. The third-order valence-corrected chi connectivity index (χ3v) is 3.80. The fraction of sp³-hybridized carbons (Fsp3) is 0.857. The van der Waals surface area contributed by atoms with Crippen LogP contribution in [0.25, 0.3) is 0 Å². The van der Waals surface area contributed by atoms with Gasteiger partial charge in [-0.15, -0.1) is 0 Å². The van der Waals surface area contributed by atoms with Crippen LogP contribution in [-0.2, 0) is 9.59 Å². The lowest BCUT2D eigenvalue weighted by molar-refractivity contribution is -0.136. The van der Waals surface area contributed by atoms with Crippen molar-refractivity contribution in [3.63, 3.8) is 0 Å². The molecular formula is C14H25N3O2. The predicted octanol–water partition coefficient (Wildman–Crippen LogP) is 0.503. The lowest BCUT2D eigenvalue weighted by atomic mass is 10.0. The molecule has 108 valence electrons. The zero-order valence-electron chi connectivity index (χ0n) is 11.8. The molecule has 1 atom stereocenters. The largest absolute Gasteiger partial charge is 0.354 e. The number of nitrogens with one attached hydrogen (secondary N) is 2. The molecule has 0 aromatic carbocycles. The van der Waals surface area contributed by atoms with E-state index in [1.807, 2.05) is 4.90 Å². The molecule has 0 aromatic heterocycles. The van der Waals surface area contributed by atoms with Crippen LogP contribution >= 0.6 is 0 Å². The van der Waals surface area contributed by atoms with Crippen LogP contribution in [0.4, 0.5) is 0 Å². The Hall–Kier alpha value is -1.10. The number of hydrogen-bond donors (Lipinski definition) is 2. The second-order valence-electron chi connectivity index (χ2n) is 5.54. The predicted molar refractivity (Wildman–Crippen MR) is 73.6 cm³/mol. The van der Waals surface area contributed by atoms with Gasteiger partial charge in [-0.05, 0) is 38.6 Å². The van der Waals surface area contributed by atoms with Crippen LogP contribution in [0.15, 0.2) is 0 Å². The summed E-state index contributed by atoms with van der Waals surface area (Å²) in [6.07, 6.45) is 5.07. The van der Waals surface area contributed by atoms with E-state index < -0.39 is 0 Å². The Balaban J connectivity index is 1.69. The first-order valence-electron chi connectivity index (χ1n) is 7.52. The number of rotatable bonds is 7. The first-order chi connectivity index (χ1) is 9.22. The standard InChI is InChI=1S/C14H25N3O2/c1-2-7-15-12-4-3-9-17(14(12)19)10-8-16-13(18)11-5-6-11/h11-12,15H,2-10H2,1H3,(H,16,18). The summed E-state index contributed by atoms with van der Waals surface area (Å²) in [5.41, 5.74) is 0. The maximum absolute atomic E-state index is 12.2. The lowest BCUT2D eigenvalue weighted by Gasteiger charge is -2.32. The van der Waals surface area contributed by atoms with Crippen molar-refractivity contribution >= 4 is 11.8 Å². The summed E-state index contributed by atoms with van der Waals surface area (Å²) in [7, 11) is 0. The molecule has 0 aromatic rings. The monoisotopic (exact) mass is 267 g/mol. The van der Waals surface area contributed by atoms with Crippen molar-refractivity contribution in [2.24, 2.45) is 5.92 Å². The van der Waals surface area contributed by atoms with E-state index in [0.29, 0.717) is 13.1 Å². The fourth-order valence-corrected chi connectivity index (χ4v) is 2.47. The summed E-state index contributed by atoms with van der Waals surface area (Å²) < 4.78 is 0. The zero-order valence-corrected chi connectivity index (χ0v) is 11.8. The van der Waals surface area contributed by atoms with E-state index in [2.05, 4.69) is 17.6 Å². The Labute approximate surface area is 115 Å². The van der Waals surface area contributed by atoms with Gasteiger partial charge in [0.05, 0.1) is 6.04 Å². The first-order valence-corrected chi connectivity index (χ1v) is 7.52. The summed E-state index contributed by atoms with van der Waals surface area (Å²) in [4.78, 5) is 25.6. The molecule has 2 N–H and O–H groups in total. The second kappa shape index (κ2) is 6.89. The van der Waals surface area contributed by atoms with Crippen LogP contribution in [0.5, 0.6) is 0 Å². The first kappa shape index (κ1) is 14.3. The molecule has 1 saturated carbocycles. The minimum Gasteiger partial charge on any atom is -0.354 e. The number of piperidine rings is 1. The molecule has 1 unspecified atom stereocenters. The summed E-state index contributed by atoms with van der Waals surface area (Å²) >= 11 is 0. The van der Waals surface area contributed by atoms with E-state index in [1.54, 1.807) is 0 Å². The molecular weight excluding hydrogens is 242 g/mol. The topological polar surface area (TPSA) is 61.4 Å². The van der Waals surface area contributed by atoms with Crippen molar-refractivity contribution in [2.75, 3.05) is 26.2 Å². The van der Waals surface area contributed by atoms with Crippen molar-refractivity contribution in [1.29, 1.82) is 0 Å². The number of nitrogens with zero attached hydrogens (tertiary/aromatic N) is 1. The Bertz CT molecular complexity index is 329. The number of amides is 2. The molecule has 5 nitrogen and oxygen atoms in total. The fourth-order valence-electron chi connectivity index (χ4n) is 2.47. The van der Waals surface area contributed by atoms with Gasteiger partial charge in [-0.1, -0.05) is 6.92 Å². The third kappa shape index (κ3) is 4.20. The quantitative estimate of drug-likeness (QED) is 0.706. The van der Waals surface area contributed by atoms with Crippen LogP contribution in [0.3, 0.4) is 0 Å². The summed E-state index contributed by atoms with van der Waals surface area (Å²) in [6, 6.07) is -0.0205. The molecule has 0 spiro atoms. The van der Waals surface area contributed by atoms with Crippen LogP contribution in [0.2, 0.25) is 0 Å². The van der Waals surface area contributed by atoms with Crippen LogP contribution in [0.1, 0.15) is 39.0 Å². The van der Waals surface area contributed by atoms with Gasteiger partial charge in [-0.2, -0.15) is 0 Å². The highest BCUT2D eigenvalue weighted by molar-refractivity contribution is 5.83. The summed E-state index contributed by atoms with van der Waals surface area (Å²) in [5, 5.41) is 6.22. The highest BCUT2D eigenvalue weighted by Gasteiger charge is 2.30. The van der Waals surface area contributed by atoms with Gasteiger partial charge in [0, 0.05) is 25.6 Å². The van der Waals surface area contributed by atoms with Crippen LogP contribution in [-0.4, -0.2) is 48.9 Å². The number of hydrogen-bond acceptors (Lipinski definition) is 3. The average Bonchev–Trinajstić information content (AvgIpc) is 3.23. The molecule has 2 amide bonds. The summed E-state index contributed by atoms with van der Waals surface area (Å²) in [6.45, 7) is 5.04. The van der Waals surface area contributed by atoms with Crippen molar-refractivity contribution in [2.45, 2.75) is 45.1 Å².